The Labute approximate surface area is 147 Å². The van der Waals surface area contributed by atoms with Crippen LogP contribution in [0.15, 0.2) is 24.3 Å². The zero-order valence-electron chi connectivity index (χ0n) is 15.0. The van der Waals surface area contributed by atoms with Crippen molar-refractivity contribution in [2.24, 2.45) is 0 Å². The number of aryl methyl sites for hydroxylation is 1. The van der Waals surface area contributed by atoms with Gasteiger partial charge in [-0.25, -0.2) is 0 Å². The van der Waals surface area contributed by atoms with Crippen LogP contribution in [0.4, 0.5) is 0 Å². The number of aromatic nitrogens is 1. The van der Waals surface area contributed by atoms with Crippen LogP contribution in [0.1, 0.15) is 28.9 Å². The van der Waals surface area contributed by atoms with Gasteiger partial charge in [-0.05, 0) is 58.1 Å². The van der Waals surface area contributed by atoms with Crippen LogP contribution in [0.2, 0.25) is 0 Å². The first-order valence-corrected chi connectivity index (χ1v) is 8.54. The van der Waals surface area contributed by atoms with Crippen LogP contribution < -0.4 is 0 Å². The van der Waals surface area contributed by atoms with Crippen molar-refractivity contribution in [2.75, 3.05) is 33.7 Å². The zero-order chi connectivity index (χ0) is 18.2. The van der Waals surface area contributed by atoms with E-state index in [0.717, 1.165) is 10.9 Å². The fraction of sp³-hybridized carbons (Fsp3) is 0.474. The number of phenols is 1. The van der Waals surface area contributed by atoms with Crippen molar-refractivity contribution < 1.29 is 15.0 Å². The van der Waals surface area contributed by atoms with Gasteiger partial charge >= 0.3 is 0 Å². The number of rotatable bonds is 3. The van der Waals surface area contributed by atoms with Gasteiger partial charge in [0.15, 0.2) is 0 Å². The molecule has 1 fully saturated rings. The molecular weight excluding hydrogens is 318 g/mol. The van der Waals surface area contributed by atoms with Crippen molar-refractivity contribution in [2.45, 2.75) is 25.4 Å². The van der Waals surface area contributed by atoms with Crippen molar-refractivity contribution in [3.05, 3.63) is 35.5 Å². The molecule has 0 bridgehead atoms. The van der Waals surface area contributed by atoms with Gasteiger partial charge in [-0.3, -0.25) is 9.78 Å². The maximum absolute atomic E-state index is 12.9. The van der Waals surface area contributed by atoms with Gasteiger partial charge in [0.2, 0.25) is 0 Å². The molecule has 3 rings (SSSR count). The number of nitrogens with zero attached hydrogens (tertiary/aromatic N) is 3. The van der Waals surface area contributed by atoms with Gasteiger partial charge in [-0.15, -0.1) is 0 Å². The van der Waals surface area contributed by atoms with Crippen LogP contribution in [0.5, 0.6) is 5.75 Å². The Bertz CT molecular complexity index is 796. The number of hydrogen-bond acceptors (Lipinski definition) is 5. The largest absolute Gasteiger partial charge is 0.508 e. The number of carbonyl (C=O) groups is 1. The zero-order valence-corrected chi connectivity index (χ0v) is 15.0. The van der Waals surface area contributed by atoms with E-state index < -0.39 is 5.60 Å². The first-order valence-electron chi connectivity index (χ1n) is 8.54. The molecule has 1 aliphatic rings. The van der Waals surface area contributed by atoms with E-state index in [4.69, 9.17) is 0 Å². The molecule has 0 spiro atoms. The molecule has 6 nitrogen and oxygen atoms in total. The number of aliphatic hydroxyl groups is 1. The normalized spacial score (nSPS) is 17.2. The number of pyridine rings is 1. The predicted octanol–water partition coefficient (Wildman–Crippen LogP) is 1.78. The van der Waals surface area contributed by atoms with E-state index in [9.17, 15) is 15.0 Å². The summed E-state index contributed by atoms with van der Waals surface area (Å²) in [5.74, 6) is 0.0884. The fourth-order valence-electron chi connectivity index (χ4n) is 3.52. The number of phenolic OH excluding ortho intramolecular Hbond substituents is 1. The Morgan fingerprint density at radius 3 is 2.60 bits per heavy atom. The third-order valence-corrected chi connectivity index (χ3v) is 4.81. The molecule has 134 valence electrons. The molecule has 6 heteroatoms. The monoisotopic (exact) mass is 343 g/mol. The van der Waals surface area contributed by atoms with Crippen LogP contribution in [0.3, 0.4) is 0 Å². The highest BCUT2D eigenvalue weighted by Crippen LogP contribution is 2.26. The first-order chi connectivity index (χ1) is 11.8. The molecule has 1 aliphatic heterocycles. The lowest BCUT2D eigenvalue weighted by Crippen LogP contribution is -2.51. The highest BCUT2D eigenvalue weighted by molar-refractivity contribution is 5.98. The summed E-state index contributed by atoms with van der Waals surface area (Å²) in [7, 11) is 3.88. The molecule has 1 saturated heterocycles. The Hall–Kier alpha value is -2.18. The molecule has 0 aliphatic carbocycles. The van der Waals surface area contributed by atoms with Crippen LogP contribution in [-0.2, 0) is 0 Å². The van der Waals surface area contributed by atoms with Gasteiger partial charge in [0.25, 0.3) is 5.91 Å². The topological polar surface area (TPSA) is 76.9 Å². The van der Waals surface area contributed by atoms with Gasteiger partial charge in [0, 0.05) is 25.0 Å². The maximum Gasteiger partial charge on any atom is 0.255 e. The minimum Gasteiger partial charge on any atom is -0.508 e. The van der Waals surface area contributed by atoms with Crippen LogP contribution in [0, 0.1) is 6.92 Å². The highest BCUT2D eigenvalue weighted by Gasteiger charge is 2.34. The average molecular weight is 343 g/mol. The van der Waals surface area contributed by atoms with E-state index in [1.807, 2.05) is 25.9 Å². The number of amides is 1. The molecule has 0 atom stereocenters. The molecule has 2 N–H and O–H groups in total. The number of likely N-dealkylation sites (tertiary alicyclic amines) is 1. The molecule has 0 saturated carbocycles. The third kappa shape index (κ3) is 3.75. The smallest absolute Gasteiger partial charge is 0.255 e. The average Bonchev–Trinajstić information content (AvgIpc) is 2.53. The summed E-state index contributed by atoms with van der Waals surface area (Å²) in [4.78, 5) is 21.2. The Morgan fingerprint density at radius 1 is 1.28 bits per heavy atom. The minimum atomic E-state index is -0.733. The van der Waals surface area contributed by atoms with E-state index in [2.05, 4.69) is 4.98 Å². The van der Waals surface area contributed by atoms with E-state index >= 15 is 0 Å². The highest BCUT2D eigenvalue weighted by atomic mass is 16.3. The van der Waals surface area contributed by atoms with E-state index in [-0.39, 0.29) is 11.7 Å². The van der Waals surface area contributed by atoms with Crippen LogP contribution in [0.25, 0.3) is 10.9 Å². The van der Waals surface area contributed by atoms with Gasteiger partial charge in [-0.2, -0.15) is 0 Å². The second kappa shape index (κ2) is 6.61. The Kier molecular flexibility index (Phi) is 4.67. The second-order valence-corrected chi connectivity index (χ2v) is 7.25. The SMILES string of the molecule is Cc1nc2ccc(O)cc2cc1C(=O)N1CCC(O)(CN(C)C)CC1. The summed E-state index contributed by atoms with van der Waals surface area (Å²) in [6, 6.07) is 6.74. The number of benzene rings is 1. The summed E-state index contributed by atoms with van der Waals surface area (Å²) >= 11 is 0. The van der Waals surface area contributed by atoms with Crippen molar-refractivity contribution in [1.29, 1.82) is 0 Å². The first kappa shape index (κ1) is 17.6. The number of likely N-dealkylation sites (N-methyl/N-ethyl adjacent to an activating group) is 1. The van der Waals surface area contributed by atoms with Gasteiger partial charge < -0.3 is 20.0 Å². The lowest BCUT2D eigenvalue weighted by atomic mass is 9.90. The van der Waals surface area contributed by atoms with E-state index in [1.54, 1.807) is 29.2 Å². The van der Waals surface area contributed by atoms with Gasteiger partial charge in [0.05, 0.1) is 22.4 Å². The van der Waals surface area contributed by atoms with Crippen molar-refractivity contribution in [1.82, 2.24) is 14.8 Å². The molecule has 0 unspecified atom stereocenters. The predicted molar refractivity (Wildman–Crippen MR) is 96.8 cm³/mol. The minimum absolute atomic E-state index is 0.0675. The van der Waals surface area contributed by atoms with Crippen LogP contribution >= 0.6 is 0 Å². The van der Waals surface area contributed by atoms with Crippen molar-refractivity contribution in [3.8, 4) is 5.75 Å². The standard InChI is InChI=1S/C19H25N3O3/c1-13-16(11-14-10-15(23)4-5-17(14)20-13)18(24)22-8-6-19(25,7-9-22)12-21(2)3/h4-5,10-11,23,25H,6-9,12H2,1-3H3. The molecule has 1 aromatic heterocycles. The molecule has 1 aromatic carbocycles. The Morgan fingerprint density at radius 2 is 1.96 bits per heavy atom. The lowest BCUT2D eigenvalue weighted by Gasteiger charge is -2.39. The van der Waals surface area contributed by atoms with Crippen molar-refractivity contribution in [3.63, 3.8) is 0 Å². The molecule has 1 amide bonds. The summed E-state index contributed by atoms with van der Waals surface area (Å²) < 4.78 is 0. The quantitative estimate of drug-likeness (QED) is 0.888. The maximum atomic E-state index is 12.9. The van der Waals surface area contributed by atoms with Crippen molar-refractivity contribution >= 4 is 16.8 Å². The molecule has 2 aromatic rings. The van der Waals surface area contributed by atoms with Gasteiger partial charge in [-0.1, -0.05) is 0 Å². The molecule has 2 heterocycles. The number of piperidine rings is 1. The summed E-state index contributed by atoms with van der Waals surface area (Å²) in [5.41, 5.74) is 1.25. The number of aromatic hydroxyl groups is 1. The summed E-state index contributed by atoms with van der Waals surface area (Å²) in [6.45, 7) is 3.48. The van der Waals surface area contributed by atoms with E-state index in [0.29, 0.717) is 43.7 Å². The second-order valence-electron chi connectivity index (χ2n) is 7.25. The lowest BCUT2D eigenvalue weighted by molar-refractivity contribution is -0.0324. The number of hydrogen-bond donors (Lipinski definition) is 2. The Balaban J connectivity index is 1.80. The van der Waals surface area contributed by atoms with E-state index in [1.165, 1.54) is 0 Å². The number of fused-ring (bicyclic) bond motifs is 1. The fourth-order valence-corrected chi connectivity index (χ4v) is 3.52. The summed E-state index contributed by atoms with van der Waals surface area (Å²) in [6.07, 6.45) is 1.13. The molecule has 25 heavy (non-hydrogen) atoms. The van der Waals surface area contributed by atoms with Crippen LogP contribution in [-0.4, -0.2) is 70.2 Å². The third-order valence-electron chi connectivity index (χ3n) is 4.81. The number of carbonyl (C=O) groups excluding carboxylic acids is 1. The molecular formula is C19H25N3O3. The van der Waals surface area contributed by atoms with Gasteiger partial charge in [0.1, 0.15) is 5.75 Å². The molecule has 0 radical (unpaired) electrons. The summed E-state index contributed by atoms with van der Waals surface area (Å²) in [5, 5.41) is 21.0.